The summed E-state index contributed by atoms with van der Waals surface area (Å²) in [6.07, 6.45) is 0.732. The van der Waals surface area contributed by atoms with Crippen LogP contribution in [0, 0.1) is 0 Å². The fourth-order valence-corrected chi connectivity index (χ4v) is 2.89. The molecule has 1 aromatic carbocycles. The van der Waals surface area contributed by atoms with Gasteiger partial charge in [0.15, 0.2) is 0 Å². The van der Waals surface area contributed by atoms with Gasteiger partial charge in [0.1, 0.15) is 0 Å². The standard InChI is InChI=1S/C16H20N4O2/c1-22-10-14(11-5-3-2-4-6-11)20-15(21)12-9-18-8-7-13(12)19-16(20)17/h2-6,14,18H,7-10H2,1H3,(H2,17,19). The maximum atomic E-state index is 12.9. The Hall–Kier alpha value is -2.18. The van der Waals surface area contributed by atoms with Crippen LogP contribution in [0.15, 0.2) is 35.1 Å². The molecule has 0 fully saturated rings. The van der Waals surface area contributed by atoms with E-state index in [0.29, 0.717) is 18.7 Å². The van der Waals surface area contributed by atoms with Crippen molar-refractivity contribution in [2.24, 2.45) is 0 Å². The summed E-state index contributed by atoms with van der Waals surface area (Å²) >= 11 is 0. The molecule has 6 nitrogen and oxygen atoms in total. The summed E-state index contributed by atoms with van der Waals surface area (Å²) in [6, 6.07) is 9.47. The van der Waals surface area contributed by atoms with Crippen LogP contribution in [0.25, 0.3) is 0 Å². The minimum absolute atomic E-state index is 0.0828. The largest absolute Gasteiger partial charge is 0.382 e. The van der Waals surface area contributed by atoms with Crippen LogP contribution in [0.1, 0.15) is 22.9 Å². The smallest absolute Gasteiger partial charge is 0.260 e. The molecular weight excluding hydrogens is 280 g/mol. The van der Waals surface area contributed by atoms with Crippen molar-refractivity contribution in [2.45, 2.75) is 19.0 Å². The molecule has 3 N–H and O–H groups in total. The van der Waals surface area contributed by atoms with Gasteiger partial charge in [0, 0.05) is 26.6 Å². The molecule has 0 spiro atoms. The van der Waals surface area contributed by atoms with Crippen LogP contribution in [0.4, 0.5) is 5.95 Å². The number of nitrogen functional groups attached to an aromatic ring is 1. The lowest BCUT2D eigenvalue weighted by Crippen LogP contribution is -2.39. The second kappa shape index (κ2) is 6.29. The molecule has 0 saturated heterocycles. The Labute approximate surface area is 128 Å². The first kappa shape index (κ1) is 14.7. The molecule has 1 unspecified atom stereocenters. The van der Waals surface area contributed by atoms with Crippen molar-refractivity contribution in [3.8, 4) is 0 Å². The van der Waals surface area contributed by atoms with Gasteiger partial charge in [0.2, 0.25) is 5.95 Å². The number of nitrogens with one attached hydrogen (secondary N) is 1. The molecule has 0 amide bonds. The van der Waals surface area contributed by atoms with Crippen LogP contribution in [0.3, 0.4) is 0 Å². The molecule has 1 aliphatic rings. The van der Waals surface area contributed by atoms with Crippen molar-refractivity contribution in [1.82, 2.24) is 14.9 Å². The van der Waals surface area contributed by atoms with E-state index in [0.717, 1.165) is 24.2 Å². The highest BCUT2D eigenvalue weighted by Gasteiger charge is 2.23. The van der Waals surface area contributed by atoms with Crippen molar-refractivity contribution < 1.29 is 4.74 Å². The predicted molar refractivity (Wildman–Crippen MR) is 84.8 cm³/mol. The third kappa shape index (κ3) is 2.63. The van der Waals surface area contributed by atoms with Gasteiger partial charge in [-0.2, -0.15) is 0 Å². The van der Waals surface area contributed by atoms with Crippen molar-refractivity contribution in [3.05, 3.63) is 57.5 Å². The van der Waals surface area contributed by atoms with Gasteiger partial charge in [-0.25, -0.2) is 4.98 Å². The third-order valence-electron chi connectivity index (χ3n) is 3.98. The number of hydrogen-bond donors (Lipinski definition) is 2. The Kier molecular flexibility index (Phi) is 4.22. The fourth-order valence-electron chi connectivity index (χ4n) is 2.89. The molecule has 1 aliphatic heterocycles. The Bertz CT molecular complexity index is 712. The molecule has 0 bridgehead atoms. The molecule has 0 aliphatic carbocycles. The molecule has 116 valence electrons. The van der Waals surface area contributed by atoms with Crippen molar-refractivity contribution in [3.63, 3.8) is 0 Å². The lowest BCUT2D eigenvalue weighted by molar-refractivity contribution is 0.168. The van der Waals surface area contributed by atoms with Crippen molar-refractivity contribution in [2.75, 3.05) is 26.0 Å². The second-order valence-electron chi connectivity index (χ2n) is 5.38. The van der Waals surface area contributed by atoms with Gasteiger partial charge < -0.3 is 15.8 Å². The van der Waals surface area contributed by atoms with E-state index < -0.39 is 0 Å². The summed E-state index contributed by atoms with van der Waals surface area (Å²) < 4.78 is 6.85. The predicted octanol–water partition coefficient (Wildman–Crippen LogP) is 0.707. The monoisotopic (exact) mass is 300 g/mol. The van der Waals surface area contributed by atoms with Crippen LogP contribution in [-0.2, 0) is 17.7 Å². The van der Waals surface area contributed by atoms with E-state index >= 15 is 0 Å². The fraction of sp³-hybridized carbons (Fsp3) is 0.375. The van der Waals surface area contributed by atoms with Crippen molar-refractivity contribution >= 4 is 5.95 Å². The number of hydrogen-bond acceptors (Lipinski definition) is 5. The van der Waals surface area contributed by atoms with E-state index in [2.05, 4.69) is 10.3 Å². The molecule has 6 heteroatoms. The average Bonchev–Trinajstić information content (AvgIpc) is 2.55. The minimum Gasteiger partial charge on any atom is -0.382 e. The van der Waals surface area contributed by atoms with Gasteiger partial charge in [-0.1, -0.05) is 30.3 Å². The summed E-state index contributed by atoms with van der Waals surface area (Å²) in [7, 11) is 1.62. The summed E-state index contributed by atoms with van der Waals surface area (Å²) in [5, 5.41) is 3.21. The average molecular weight is 300 g/mol. The van der Waals surface area contributed by atoms with Crippen molar-refractivity contribution in [1.29, 1.82) is 0 Å². The molecule has 0 radical (unpaired) electrons. The lowest BCUT2D eigenvalue weighted by Gasteiger charge is -2.24. The maximum Gasteiger partial charge on any atom is 0.260 e. The van der Waals surface area contributed by atoms with E-state index in [1.807, 2.05) is 30.3 Å². The molecule has 1 aromatic heterocycles. The summed E-state index contributed by atoms with van der Waals surface area (Å²) in [5.74, 6) is 0.247. The highest BCUT2D eigenvalue weighted by Crippen LogP contribution is 2.21. The molecule has 22 heavy (non-hydrogen) atoms. The Morgan fingerprint density at radius 2 is 2.18 bits per heavy atom. The van der Waals surface area contributed by atoms with Gasteiger partial charge in [0.05, 0.1) is 23.9 Å². The molecule has 0 saturated carbocycles. The lowest BCUT2D eigenvalue weighted by atomic mass is 10.1. The van der Waals surface area contributed by atoms with Gasteiger partial charge in [0.25, 0.3) is 5.56 Å². The van der Waals surface area contributed by atoms with E-state index in [1.165, 1.54) is 0 Å². The number of benzene rings is 1. The first-order valence-electron chi connectivity index (χ1n) is 7.36. The Morgan fingerprint density at radius 3 is 2.91 bits per heavy atom. The van der Waals surface area contributed by atoms with Gasteiger partial charge in [-0.05, 0) is 5.56 Å². The molecule has 1 atom stereocenters. The van der Waals surface area contributed by atoms with Gasteiger partial charge in [-0.3, -0.25) is 9.36 Å². The number of ether oxygens (including phenoxy) is 1. The minimum atomic E-state index is -0.279. The highest BCUT2D eigenvalue weighted by atomic mass is 16.5. The van der Waals surface area contributed by atoms with Gasteiger partial charge in [-0.15, -0.1) is 0 Å². The Balaban J connectivity index is 2.14. The molecule has 2 heterocycles. The maximum absolute atomic E-state index is 12.9. The van der Waals surface area contributed by atoms with Gasteiger partial charge >= 0.3 is 0 Å². The number of rotatable bonds is 4. The normalized spacial score (nSPS) is 15.3. The first-order chi connectivity index (χ1) is 10.7. The highest BCUT2D eigenvalue weighted by molar-refractivity contribution is 5.32. The van der Waals surface area contributed by atoms with Crippen LogP contribution in [0.2, 0.25) is 0 Å². The second-order valence-corrected chi connectivity index (χ2v) is 5.38. The molecule has 2 aromatic rings. The quantitative estimate of drug-likeness (QED) is 0.869. The molecular formula is C16H20N4O2. The zero-order valence-corrected chi connectivity index (χ0v) is 12.6. The third-order valence-corrected chi connectivity index (χ3v) is 3.98. The van der Waals surface area contributed by atoms with E-state index in [1.54, 1.807) is 11.7 Å². The molecule has 3 rings (SSSR count). The zero-order valence-electron chi connectivity index (χ0n) is 12.6. The zero-order chi connectivity index (χ0) is 15.5. The van der Waals surface area contributed by atoms with Crippen LogP contribution in [-0.4, -0.2) is 29.8 Å². The number of aromatic nitrogens is 2. The number of nitrogens with zero attached hydrogens (tertiary/aromatic N) is 2. The number of fused-ring (bicyclic) bond motifs is 1. The van der Waals surface area contributed by atoms with E-state index in [4.69, 9.17) is 10.5 Å². The topological polar surface area (TPSA) is 82.2 Å². The summed E-state index contributed by atoms with van der Waals surface area (Å²) in [6.45, 7) is 1.72. The van der Waals surface area contributed by atoms with Crippen LogP contribution >= 0.6 is 0 Å². The van der Waals surface area contributed by atoms with E-state index in [9.17, 15) is 4.79 Å². The van der Waals surface area contributed by atoms with E-state index in [-0.39, 0.29) is 17.5 Å². The number of nitrogens with two attached hydrogens (primary N) is 1. The van der Waals surface area contributed by atoms with Crippen LogP contribution < -0.4 is 16.6 Å². The Morgan fingerprint density at radius 1 is 1.41 bits per heavy atom. The number of methoxy groups -OCH3 is 1. The number of anilines is 1. The summed E-state index contributed by atoms with van der Waals surface area (Å²) in [5.41, 5.74) is 8.50. The van der Waals surface area contributed by atoms with Crippen LogP contribution in [0.5, 0.6) is 0 Å². The first-order valence-corrected chi connectivity index (χ1v) is 7.36. The summed E-state index contributed by atoms with van der Waals surface area (Å²) in [4.78, 5) is 17.3. The SMILES string of the molecule is COCC(c1ccccc1)n1c(N)nc2c(c1=O)CNCC2.